The van der Waals surface area contributed by atoms with Crippen LogP contribution in [0.4, 0.5) is 11.6 Å². The lowest BCUT2D eigenvalue weighted by Crippen LogP contribution is -2.45. The summed E-state index contributed by atoms with van der Waals surface area (Å²) < 4.78 is 0. The van der Waals surface area contributed by atoms with E-state index >= 15 is 0 Å². The molecule has 30 heavy (non-hydrogen) atoms. The Morgan fingerprint density at radius 3 is 2.27 bits per heavy atom. The van der Waals surface area contributed by atoms with Crippen molar-refractivity contribution in [2.75, 3.05) is 42.5 Å². The molecule has 1 aromatic carbocycles. The van der Waals surface area contributed by atoms with E-state index in [1.807, 2.05) is 23.1 Å². The molecule has 6 heteroatoms. The van der Waals surface area contributed by atoms with Crippen LogP contribution in [0.15, 0.2) is 42.5 Å². The van der Waals surface area contributed by atoms with Crippen LogP contribution in [0.5, 0.6) is 0 Å². The Bertz CT molecular complexity index is 804. The largest absolute Gasteiger partial charge is 0.355 e. The van der Waals surface area contributed by atoms with Gasteiger partial charge < -0.3 is 14.7 Å². The Kier molecular flexibility index (Phi) is 6.82. The summed E-state index contributed by atoms with van der Waals surface area (Å²) in [7, 11) is 0. The van der Waals surface area contributed by atoms with Crippen molar-refractivity contribution >= 4 is 17.5 Å². The fraction of sp³-hybridized carbons (Fsp3) is 0.542. The van der Waals surface area contributed by atoms with Crippen LogP contribution in [-0.2, 0) is 11.3 Å². The number of nitrogens with zero attached hydrogens (tertiary/aromatic N) is 5. The lowest BCUT2D eigenvalue weighted by atomic mass is 9.96. The van der Waals surface area contributed by atoms with Crippen molar-refractivity contribution in [2.24, 2.45) is 5.92 Å². The van der Waals surface area contributed by atoms with E-state index in [2.05, 4.69) is 51.2 Å². The van der Waals surface area contributed by atoms with Crippen molar-refractivity contribution in [3.05, 3.63) is 48.0 Å². The smallest absolute Gasteiger partial charge is 0.227 e. The van der Waals surface area contributed by atoms with E-state index in [-0.39, 0.29) is 11.8 Å². The molecule has 0 saturated carbocycles. The van der Waals surface area contributed by atoms with E-state index in [1.54, 1.807) is 0 Å². The Morgan fingerprint density at radius 1 is 0.933 bits per heavy atom. The zero-order valence-corrected chi connectivity index (χ0v) is 18.0. The van der Waals surface area contributed by atoms with Crippen molar-refractivity contribution < 1.29 is 4.79 Å². The van der Waals surface area contributed by atoms with Gasteiger partial charge in [0, 0.05) is 39.3 Å². The van der Waals surface area contributed by atoms with Crippen molar-refractivity contribution in [1.29, 1.82) is 0 Å². The predicted molar refractivity (Wildman–Crippen MR) is 121 cm³/mol. The molecule has 0 N–H and O–H groups in total. The number of benzene rings is 1. The van der Waals surface area contributed by atoms with Crippen LogP contribution in [-0.4, -0.2) is 53.7 Å². The zero-order valence-electron chi connectivity index (χ0n) is 18.0. The van der Waals surface area contributed by atoms with Gasteiger partial charge in [0.25, 0.3) is 0 Å². The molecule has 6 nitrogen and oxygen atoms in total. The third-order valence-corrected chi connectivity index (χ3v) is 6.32. The summed E-state index contributed by atoms with van der Waals surface area (Å²) in [5.41, 5.74) is 1.18. The van der Waals surface area contributed by atoms with Crippen LogP contribution in [0.3, 0.4) is 0 Å². The molecule has 4 rings (SSSR count). The fourth-order valence-corrected chi connectivity index (χ4v) is 4.57. The van der Waals surface area contributed by atoms with Crippen molar-refractivity contribution in [1.82, 2.24) is 15.1 Å². The molecule has 0 radical (unpaired) electrons. The fourth-order valence-electron chi connectivity index (χ4n) is 4.57. The second-order valence-corrected chi connectivity index (χ2v) is 8.42. The first-order valence-corrected chi connectivity index (χ1v) is 11.4. The Morgan fingerprint density at radius 2 is 1.60 bits per heavy atom. The highest BCUT2D eigenvalue weighted by Gasteiger charge is 2.29. The molecule has 1 aromatic heterocycles. The molecule has 1 unspecified atom stereocenters. The molecule has 3 heterocycles. The second kappa shape index (κ2) is 9.92. The highest BCUT2D eigenvalue weighted by molar-refractivity contribution is 5.79. The topological polar surface area (TPSA) is 52.6 Å². The van der Waals surface area contributed by atoms with Crippen LogP contribution in [0.1, 0.15) is 44.6 Å². The van der Waals surface area contributed by atoms with Gasteiger partial charge in [-0.25, -0.2) is 0 Å². The van der Waals surface area contributed by atoms with Gasteiger partial charge >= 0.3 is 0 Å². The SMILES string of the molecule is CCN(Cc1ccccc1)C(=O)C1CCCN(c2ccc(N3CCCCC3)nn2)C1. The molecule has 0 spiro atoms. The number of carbonyl (C=O) groups excluding carboxylic acids is 1. The molecule has 0 aliphatic carbocycles. The van der Waals surface area contributed by atoms with E-state index in [0.717, 1.165) is 57.2 Å². The number of piperidine rings is 2. The molecule has 2 aliphatic heterocycles. The van der Waals surface area contributed by atoms with E-state index in [1.165, 1.54) is 24.8 Å². The van der Waals surface area contributed by atoms with Gasteiger partial charge in [-0.3, -0.25) is 4.79 Å². The monoisotopic (exact) mass is 407 g/mol. The quantitative estimate of drug-likeness (QED) is 0.730. The summed E-state index contributed by atoms with van der Waals surface area (Å²) >= 11 is 0. The molecule has 1 atom stereocenters. The number of rotatable bonds is 6. The Labute approximate surface area is 179 Å². The number of hydrogen-bond acceptors (Lipinski definition) is 5. The first kappa shape index (κ1) is 20.6. The number of aromatic nitrogens is 2. The molecule has 2 aliphatic rings. The average Bonchev–Trinajstić information content (AvgIpc) is 2.83. The summed E-state index contributed by atoms with van der Waals surface area (Å²) in [6, 6.07) is 14.4. The third kappa shape index (κ3) is 4.91. The van der Waals surface area contributed by atoms with E-state index in [9.17, 15) is 4.79 Å². The molecular formula is C24H33N5O. The number of anilines is 2. The van der Waals surface area contributed by atoms with Crippen LogP contribution in [0.25, 0.3) is 0 Å². The van der Waals surface area contributed by atoms with Gasteiger partial charge in [-0.2, -0.15) is 0 Å². The maximum atomic E-state index is 13.2. The molecule has 2 fully saturated rings. The first-order valence-electron chi connectivity index (χ1n) is 11.4. The standard InChI is InChI=1S/C24H33N5O/c1-2-27(18-20-10-5-3-6-11-20)24(30)21-12-9-17-29(19-21)23-14-13-22(25-26-23)28-15-7-4-8-16-28/h3,5-6,10-11,13-14,21H,2,4,7-9,12,15-19H2,1H3. The zero-order chi connectivity index (χ0) is 20.8. The van der Waals surface area contributed by atoms with Gasteiger partial charge in [0.1, 0.15) is 0 Å². The molecule has 2 aromatic rings. The van der Waals surface area contributed by atoms with Crippen LogP contribution in [0.2, 0.25) is 0 Å². The predicted octanol–water partition coefficient (Wildman–Crippen LogP) is 3.73. The number of amides is 1. The van der Waals surface area contributed by atoms with Crippen molar-refractivity contribution in [3.63, 3.8) is 0 Å². The molecule has 160 valence electrons. The molecule has 1 amide bonds. The van der Waals surface area contributed by atoms with Crippen LogP contribution >= 0.6 is 0 Å². The minimum Gasteiger partial charge on any atom is -0.355 e. The molecule has 0 bridgehead atoms. The second-order valence-electron chi connectivity index (χ2n) is 8.42. The van der Waals surface area contributed by atoms with Crippen LogP contribution in [0, 0.1) is 5.92 Å². The third-order valence-electron chi connectivity index (χ3n) is 6.32. The first-order chi connectivity index (χ1) is 14.7. The van der Waals surface area contributed by atoms with Gasteiger partial charge in [0.15, 0.2) is 11.6 Å². The maximum absolute atomic E-state index is 13.2. The summed E-state index contributed by atoms with van der Waals surface area (Å²) in [5, 5.41) is 9.01. The van der Waals surface area contributed by atoms with Gasteiger partial charge in [-0.15, -0.1) is 10.2 Å². The summed E-state index contributed by atoms with van der Waals surface area (Å²) in [4.78, 5) is 19.8. The Hall–Kier alpha value is -2.63. The summed E-state index contributed by atoms with van der Waals surface area (Å²) in [6.07, 6.45) is 5.73. The lowest BCUT2D eigenvalue weighted by Gasteiger charge is -2.35. The normalized spacial score (nSPS) is 19.6. The van der Waals surface area contributed by atoms with Crippen molar-refractivity contribution in [3.8, 4) is 0 Å². The Balaban J connectivity index is 1.39. The van der Waals surface area contributed by atoms with Gasteiger partial charge in [0.2, 0.25) is 5.91 Å². The van der Waals surface area contributed by atoms with Crippen LogP contribution < -0.4 is 9.80 Å². The van der Waals surface area contributed by atoms with E-state index in [4.69, 9.17) is 0 Å². The molecular weight excluding hydrogens is 374 g/mol. The molecule has 2 saturated heterocycles. The highest BCUT2D eigenvalue weighted by Crippen LogP contribution is 2.25. The lowest BCUT2D eigenvalue weighted by molar-refractivity contribution is -0.136. The summed E-state index contributed by atoms with van der Waals surface area (Å²) in [6.45, 7) is 7.27. The number of carbonyl (C=O) groups is 1. The minimum atomic E-state index is 0.0194. The average molecular weight is 408 g/mol. The van der Waals surface area contributed by atoms with Crippen molar-refractivity contribution in [2.45, 2.75) is 45.6 Å². The van der Waals surface area contributed by atoms with Gasteiger partial charge in [-0.1, -0.05) is 30.3 Å². The maximum Gasteiger partial charge on any atom is 0.227 e. The van der Waals surface area contributed by atoms with E-state index in [0.29, 0.717) is 6.54 Å². The number of hydrogen-bond donors (Lipinski definition) is 0. The van der Waals surface area contributed by atoms with Gasteiger partial charge in [0.05, 0.1) is 5.92 Å². The van der Waals surface area contributed by atoms with E-state index < -0.39 is 0 Å². The summed E-state index contributed by atoms with van der Waals surface area (Å²) in [5.74, 6) is 2.14. The highest BCUT2D eigenvalue weighted by atomic mass is 16.2. The minimum absolute atomic E-state index is 0.0194. The van der Waals surface area contributed by atoms with Gasteiger partial charge in [-0.05, 0) is 56.7 Å².